The molecule has 0 aliphatic rings. The van der Waals surface area contributed by atoms with Crippen LogP contribution in [0.3, 0.4) is 0 Å². The summed E-state index contributed by atoms with van der Waals surface area (Å²) >= 11 is 3.26. The van der Waals surface area contributed by atoms with Gasteiger partial charge >= 0.3 is 0 Å². The van der Waals surface area contributed by atoms with Crippen molar-refractivity contribution in [1.29, 1.82) is 0 Å². The molecule has 0 saturated carbocycles. The summed E-state index contributed by atoms with van der Waals surface area (Å²) in [6.07, 6.45) is 3.65. The second-order valence-electron chi connectivity index (χ2n) is 5.75. The summed E-state index contributed by atoms with van der Waals surface area (Å²) < 4.78 is 19.0. The maximum Gasteiger partial charge on any atom is 0.236 e. The van der Waals surface area contributed by atoms with E-state index in [1.54, 1.807) is 42.5 Å². The summed E-state index contributed by atoms with van der Waals surface area (Å²) in [6, 6.07) is 8.83. The molecule has 3 rings (SSSR count). The van der Waals surface area contributed by atoms with Gasteiger partial charge in [-0.25, -0.2) is 9.37 Å². The quantitative estimate of drug-likeness (QED) is 0.258. The van der Waals surface area contributed by atoms with E-state index in [1.807, 2.05) is 29.8 Å². The summed E-state index contributed by atoms with van der Waals surface area (Å²) in [5.74, 6) is 1.83. The van der Waals surface area contributed by atoms with E-state index < -0.39 is 0 Å². The number of thiophene rings is 1. The number of hydrogen-bond donors (Lipinski definition) is 2. The molecule has 0 saturated heterocycles. The highest BCUT2D eigenvalue weighted by Gasteiger charge is 2.09. The fraction of sp³-hybridized carbons (Fsp3) is 0.263. The van der Waals surface area contributed by atoms with Crippen LogP contribution in [0.25, 0.3) is 10.8 Å². The number of nitrogens with zero attached hydrogens (tertiary/aromatic N) is 2. The summed E-state index contributed by atoms with van der Waals surface area (Å²) in [7, 11) is 1.71. The number of benzene rings is 1. The van der Waals surface area contributed by atoms with Gasteiger partial charge in [0.15, 0.2) is 5.96 Å². The van der Waals surface area contributed by atoms with Crippen molar-refractivity contribution in [1.82, 2.24) is 15.6 Å². The number of thioether (sulfide) groups is 1. The molecule has 0 fully saturated rings. The SMILES string of the molecule is CN=C(NCc1coc(-c2cccs2)n1)NCc1ccc(F)cc1CSC.I. The zero-order valence-electron chi connectivity index (χ0n) is 15.6. The van der Waals surface area contributed by atoms with Crippen LogP contribution in [-0.4, -0.2) is 24.2 Å². The minimum absolute atomic E-state index is 0. The van der Waals surface area contributed by atoms with Gasteiger partial charge in [-0.15, -0.1) is 35.3 Å². The Balaban J connectivity index is 0.00000280. The van der Waals surface area contributed by atoms with Gasteiger partial charge in [-0.3, -0.25) is 4.99 Å². The van der Waals surface area contributed by atoms with E-state index in [4.69, 9.17) is 4.42 Å². The van der Waals surface area contributed by atoms with Crippen molar-refractivity contribution in [3.05, 3.63) is 64.6 Å². The summed E-state index contributed by atoms with van der Waals surface area (Å²) in [6.45, 7) is 1.06. The Labute approximate surface area is 189 Å². The van der Waals surface area contributed by atoms with Gasteiger partial charge in [0.2, 0.25) is 5.89 Å². The highest BCUT2D eigenvalue weighted by atomic mass is 127. The number of aromatic nitrogens is 1. The Hall–Kier alpha value is -1.59. The molecule has 0 radical (unpaired) electrons. The molecule has 0 unspecified atom stereocenters. The Morgan fingerprint density at radius 2 is 2.07 bits per heavy atom. The minimum atomic E-state index is -0.210. The van der Waals surface area contributed by atoms with Crippen LogP contribution in [0.4, 0.5) is 4.39 Å². The van der Waals surface area contributed by atoms with Crippen LogP contribution in [0, 0.1) is 5.82 Å². The topological polar surface area (TPSA) is 62.5 Å². The van der Waals surface area contributed by atoms with Gasteiger partial charge in [0.1, 0.15) is 12.1 Å². The molecule has 28 heavy (non-hydrogen) atoms. The second kappa shape index (κ2) is 11.4. The number of oxazole rings is 1. The molecule has 0 amide bonds. The predicted molar refractivity (Wildman–Crippen MR) is 126 cm³/mol. The van der Waals surface area contributed by atoms with E-state index in [0.717, 1.165) is 27.5 Å². The van der Waals surface area contributed by atoms with E-state index in [9.17, 15) is 4.39 Å². The largest absolute Gasteiger partial charge is 0.443 e. The lowest BCUT2D eigenvalue weighted by Gasteiger charge is -2.13. The van der Waals surface area contributed by atoms with Crippen molar-refractivity contribution >= 4 is 53.0 Å². The standard InChI is InChI=1S/C19H21FN4OS2.HI/c1-21-19(22-9-13-5-6-15(20)8-14(13)12-26-2)23-10-16-11-25-18(24-16)17-4-3-7-27-17;/h3-8,11H,9-10,12H2,1-2H3,(H2,21,22,23);1H. The third kappa shape index (κ3) is 6.21. The number of halogens is 2. The van der Waals surface area contributed by atoms with Crippen molar-refractivity contribution in [2.75, 3.05) is 13.3 Å². The molecule has 5 nitrogen and oxygen atoms in total. The smallest absolute Gasteiger partial charge is 0.236 e. The van der Waals surface area contributed by atoms with Gasteiger partial charge in [-0.2, -0.15) is 11.8 Å². The Morgan fingerprint density at radius 3 is 2.79 bits per heavy atom. The molecule has 150 valence electrons. The van der Waals surface area contributed by atoms with Crippen LogP contribution in [0.2, 0.25) is 0 Å². The third-order valence-electron chi connectivity index (χ3n) is 3.86. The molecule has 0 bridgehead atoms. The van der Waals surface area contributed by atoms with Gasteiger partial charge in [0.25, 0.3) is 0 Å². The van der Waals surface area contributed by atoms with Crippen molar-refractivity contribution in [2.24, 2.45) is 4.99 Å². The van der Waals surface area contributed by atoms with Crippen LogP contribution in [0.15, 0.2) is 51.4 Å². The van der Waals surface area contributed by atoms with E-state index in [0.29, 0.717) is 24.9 Å². The molecule has 0 atom stereocenters. The Morgan fingerprint density at radius 1 is 1.25 bits per heavy atom. The average molecular weight is 532 g/mol. The number of aliphatic imine (C=N–C) groups is 1. The molecule has 0 aliphatic heterocycles. The fourth-order valence-corrected chi connectivity index (χ4v) is 3.77. The zero-order valence-corrected chi connectivity index (χ0v) is 19.5. The van der Waals surface area contributed by atoms with Gasteiger partial charge < -0.3 is 15.1 Å². The zero-order chi connectivity index (χ0) is 19.1. The van der Waals surface area contributed by atoms with Gasteiger partial charge in [-0.1, -0.05) is 12.1 Å². The predicted octanol–water partition coefficient (Wildman–Crippen LogP) is 4.89. The molecule has 9 heteroatoms. The first-order chi connectivity index (χ1) is 13.2. The van der Waals surface area contributed by atoms with Crippen LogP contribution in [0.5, 0.6) is 0 Å². The van der Waals surface area contributed by atoms with E-state index in [2.05, 4.69) is 20.6 Å². The molecule has 2 N–H and O–H groups in total. The van der Waals surface area contributed by atoms with Crippen molar-refractivity contribution < 1.29 is 8.81 Å². The summed E-state index contributed by atoms with van der Waals surface area (Å²) in [4.78, 5) is 9.71. The van der Waals surface area contributed by atoms with Crippen molar-refractivity contribution in [2.45, 2.75) is 18.8 Å². The van der Waals surface area contributed by atoms with Gasteiger partial charge in [0.05, 0.1) is 17.1 Å². The van der Waals surface area contributed by atoms with E-state index >= 15 is 0 Å². The molecule has 0 aliphatic carbocycles. The molecule has 2 heterocycles. The number of hydrogen-bond acceptors (Lipinski definition) is 5. The number of nitrogens with one attached hydrogen (secondary N) is 2. The molecular formula is C19H22FIN4OS2. The van der Waals surface area contributed by atoms with Crippen molar-refractivity contribution in [3.63, 3.8) is 0 Å². The molecule has 1 aromatic carbocycles. The van der Waals surface area contributed by atoms with Crippen LogP contribution >= 0.6 is 47.1 Å². The summed E-state index contributed by atoms with van der Waals surface area (Å²) in [5, 5.41) is 8.47. The van der Waals surface area contributed by atoms with E-state index in [1.165, 1.54) is 6.07 Å². The minimum Gasteiger partial charge on any atom is -0.443 e. The molecule has 0 spiro atoms. The van der Waals surface area contributed by atoms with Crippen LogP contribution in [0.1, 0.15) is 16.8 Å². The highest BCUT2D eigenvalue weighted by Crippen LogP contribution is 2.23. The number of guanidine groups is 1. The Bertz CT molecular complexity index is 899. The lowest BCUT2D eigenvalue weighted by atomic mass is 10.1. The van der Waals surface area contributed by atoms with Gasteiger partial charge in [-0.05, 0) is 41.0 Å². The normalized spacial score (nSPS) is 11.2. The number of rotatable bonds is 7. The van der Waals surface area contributed by atoms with E-state index in [-0.39, 0.29) is 29.8 Å². The third-order valence-corrected chi connectivity index (χ3v) is 5.32. The first kappa shape index (κ1) is 22.7. The highest BCUT2D eigenvalue weighted by molar-refractivity contribution is 14.0. The average Bonchev–Trinajstić information content (AvgIpc) is 3.35. The van der Waals surface area contributed by atoms with Gasteiger partial charge in [0, 0.05) is 19.3 Å². The van der Waals surface area contributed by atoms with Crippen LogP contribution < -0.4 is 10.6 Å². The van der Waals surface area contributed by atoms with Crippen molar-refractivity contribution in [3.8, 4) is 10.8 Å². The summed E-state index contributed by atoms with van der Waals surface area (Å²) in [5.41, 5.74) is 2.84. The maximum absolute atomic E-state index is 13.5. The first-order valence-electron chi connectivity index (χ1n) is 8.38. The fourth-order valence-electron chi connectivity index (χ4n) is 2.53. The second-order valence-corrected chi connectivity index (χ2v) is 7.56. The lowest BCUT2D eigenvalue weighted by molar-refractivity contribution is 0.573. The lowest BCUT2D eigenvalue weighted by Crippen LogP contribution is -2.36. The van der Waals surface area contributed by atoms with Crippen LogP contribution in [-0.2, 0) is 18.8 Å². The molecule has 2 aromatic heterocycles. The Kier molecular flexibility index (Phi) is 9.26. The first-order valence-corrected chi connectivity index (χ1v) is 10.7. The molecular weight excluding hydrogens is 510 g/mol. The monoisotopic (exact) mass is 532 g/mol. The molecule has 3 aromatic rings. The maximum atomic E-state index is 13.5.